The lowest BCUT2D eigenvalue weighted by Gasteiger charge is -2.31. The maximum absolute atomic E-state index is 6.24. The van der Waals surface area contributed by atoms with E-state index in [2.05, 4.69) is 16.8 Å². The summed E-state index contributed by atoms with van der Waals surface area (Å²) in [5, 5.41) is 0.696. The fraction of sp³-hybridized carbons (Fsp3) is 0.714. The summed E-state index contributed by atoms with van der Waals surface area (Å²) >= 11 is 6.24. The number of hydrogen-bond acceptors (Lipinski definition) is 3. The second-order valence-electron chi connectivity index (χ2n) is 5.57. The molecule has 1 aliphatic carbocycles. The standard InChI is InChI=1S/C14H20ClN3/c1-10(11-5-4-6-11)13-16-9-12(15)14(17-13)18-7-2-3-8-18/h9-11H,2-8H2,1H3. The lowest BCUT2D eigenvalue weighted by molar-refractivity contribution is 0.265. The molecule has 3 nitrogen and oxygen atoms in total. The van der Waals surface area contributed by atoms with Crippen molar-refractivity contribution in [3.05, 3.63) is 17.0 Å². The Balaban J connectivity index is 1.84. The minimum absolute atomic E-state index is 0.470. The Bertz CT molecular complexity index is 425. The van der Waals surface area contributed by atoms with E-state index in [-0.39, 0.29) is 0 Å². The molecule has 1 saturated heterocycles. The molecule has 2 heterocycles. The van der Waals surface area contributed by atoms with Crippen molar-refractivity contribution in [3.63, 3.8) is 0 Å². The van der Waals surface area contributed by atoms with E-state index in [0.717, 1.165) is 30.6 Å². The summed E-state index contributed by atoms with van der Waals surface area (Å²) in [7, 11) is 0. The van der Waals surface area contributed by atoms with Gasteiger partial charge in [-0.1, -0.05) is 24.9 Å². The molecule has 2 aliphatic rings. The SMILES string of the molecule is CC(c1ncc(Cl)c(N2CCCC2)n1)C1CCC1. The first kappa shape index (κ1) is 12.2. The fourth-order valence-electron chi connectivity index (χ4n) is 2.89. The van der Waals surface area contributed by atoms with Gasteiger partial charge >= 0.3 is 0 Å². The van der Waals surface area contributed by atoms with Crippen LogP contribution in [-0.2, 0) is 0 Å². The van der Waals surface area contributed by atoms with E-state index in [1.165, 1.54) is 32.1 Å². The van der Waals surface area contributed by atoms with Crippen molar-refractivity contribution < 1.29 is 0 Å². The smallest absolute Gasteiger partial charge is 0.151 e. The predicted octanol–water partition coefficient (Wildman–Crippen LogP) is 3.63. The highest BCUT2D eigenvalue weighted by Crippen LogP contribution is 2.38. The van der Waals surface area contributed by atoms with Crippen molar-refractivity contribution >= 4 is 17.4 Å². The van der Waals surface area contributed by atoms with Gasteiger partial charge in [0, 0.05) is 19.0 Å². The first-order valence-electron chi connectivity index (χ1n) is 7.03. The summed E-state index contributed by atoms with van der Waals surface area (Å²) in [5.41, 5.74) is 0. The van der Waals surface area contributed by atoms with Gasteiger partial charge in [-0.3, -0.25) is 0 Å². The van der Waals surface area contributed by atoms with Crippen LogP contribution >= 0.6 is 11.6 Å². The van der Waals surface area contributed by atoms with Crippen molar-refractivity contribution in [1.82, 2.24) is 9.97 Å². The topological polar surface area (TPSA) is 29.0 Å². The van der Waals surface area contributed by atoms with Gasteiger partial charge in [-0.15, -0.1) is 0 Å². The second kappa shape index (κ2) is 5.04. The fourth-order valence-corrected chi connectivity index (χ4v) is 3.10. The molecule has 0 N–H and O–H groups in total. The van der Waals surface area contributed by atoms with Crippen LogP contribution in [-0.4, -0.2) is 23.1 Å². The normalized spacial score (nSPS) is 22.0. The molecule has 1 aromatic rings. The Hall–Kier alpha value is -0.830. The zero-order valence-corrected chi connectivity index (χ0v) is 11.7. The van der Waals surface area contributed by atoms with Crippen molar-refractivity contribution in [2.45, 2.75) is 44.9 Å². The van der Waals surface area contributed by atoms with Crippen molar-refractivity contribution in [1.29, 1.82) is 0 Å². The summed E-state index contributed by atoms with van der Waals surface area (Å²) < 4.78 is 0. The predicted molar refractivity (Wildman–Crippen MR) is 74.2 cm³/mol. The van der Waals surface area contributed by atoms with Crippen LogP contribution < -0.4 is 4.90 Å². The summed E-state index contributed by atoms with van der Waals surface area (Å²) in [6.07, 6.45) is 8.29. The molecule has 1 atom stereocenters. The van der Waals surface area contributed by atoms with Gasteiger partial charge in [-0.25, -0.2) is 9.97 Å². The molecule has 0 radical (unpaired) electrons. The van der Waals surface area contributed by atoms with Gasteiger partial charge in [0.25, 0.3) is 0 Å². The maximum Gasteiger partial charge on any atom is 0.151 e. The molecule has 1 unspecified atom stereocenters. The highest BCUT2D eigenvalue weighted by Gasteiger charge is 2.28. The third-order valence-corrected chi connectivity index (χ3v) is 4.68. The van der Waals surface area contributed by atoms with Crippen molar-refractivity contribution in [2.75, 3.05) is 18.0 Å². The molecule has 3 rings (SSSR count). The molecule has 98 valence electrons. The number of anilines is 1. The summed E-state index contributed by atoms with van der Waals surface area (Å²) in [6.45, 7) is 4.41. The zero-order chi connectivity index (χ0) is 12.5. The highest BCUT2D eigenvalue weighted by molar-refractivity contribution is 6.32. The molecule has 1 aromatic heterocycles. The van der Waals surface area contributed by atoms with Gasteiger partial charge in [0.15, 0.2) is 5.82 Å². The van der Waals surface area contributed by atoms with E-state index < -0.39 is 0 Å². The van der Waals surface area contributed by atoms with Gasteiger partial charge in [0.05, 0.1) is 6.20 Å². The first-order chi connectivity index (χ1) is 8.75. The minimum Gasteiger partial charge on any atom is -0.355 e. The van der Waals surface area contributed by atoms with E-state index in [9.17, 15) is 0 Å². The van der Waals surface area contributed by atoms with Gasteiger partial charge in [-0.2, -0.15) is 0 Å². The van der Waals surface area contributed by atoms with Gasteiger partial charge in [-0.05, 0) is 31.6 Å². The van der Waals surface area contributed by atoms with Crippen LogP contribution in [0.1, 0.15) is 50.8 Å². The van der Waals surface area contributed by atoms with E-state index in [1.54, 1.807) is 6.20 Å². The lowest BCUT2D eigenvalue weighted by Crippen LogP contribution is -2.23. The largest absolute Gasteiger partial charge is 0.355 e. The lowest BCUT2D eigenvalue weighted by atomic mass is 9.76. The summed E-state index contributed by atoms with van der Waals surface area (Å²) in [5.74, 6) is 3.17. The van der Waals surface area contributed by atoms with Gasteiger partial charge in [0.1, 0.15) is 10.8 Å². The highest BCUT2D eigenvalue weighted by atomic mass is 35.5. The van der Waals surface area contributed by atoms with Crippen LogP contribution in [0.5, 0.6) is 0 Å². The average molecular weight is 266 g/mol. The quantitative estimate of drug-likeness (QED) is 0.836. The second-order valence-corrected chi connectivity index (χ2v) is 5.98. The van der Waals surface area contributed by atoms with Crippen LogP contribution in [0, 0.1) is 5.92 Å². The third-order valence-electron chi connectivity index (χ3n) is 4.41. The number of nitrogens with zero attached hydrogens (tertiary/aromatic N) is 3. The number of halogens is 1. The van der Waals surface area contributed by atoms with Crippen LogP contribution in [0.2, 0.25) is 5.02 Å². The number of aromatic nitrogens is 2. The molecule has 0 spiro atoms. The van der Waals surface area contributed by atoms with Gasteiger partial charge in [0.2, 0.25) is 0 Å². The summed E-state index contributed by atoms with van der Waals surface area (Å²) in [6, 6.07) is 0. The molecule has 18 heavy (non-hydrogen) atoms. The molecule has 0 amide bonds. The average Bonchev–Trinajstić information content (AvgIpc) is 2.80. The van der Waals surface area contributed by atoms with E-state index in [1.807, 2.05) is 0 Å². The van der Waals surface area contributed by atoms with E-state index in [0.29, 0.717) is 10.9 Å². The van der Waals surface area contributed by atoms with Crippen LogP contribution in [0.25, 0.3) is 0 Å². The Kier molecular flexibility index (Phi) is 3.42. The molecule has 1 saturated carbocycles. The summed E-state index contributed by atoms with van der Waals surface area (Å²) in [4.78, 5) is 11.5. The molecule has 4 heteroatoms. The van der Waals surface area contributed by atoms with Gasteiger partial charge < -0.3 is 4.90 Å². The molecule has 0 bridgehead atoms. The number of rotatable bonds is 3. The molecular formula is C14H20ClN3. The number of hydrogen-bond donors (Lipinski definition) is 0. The Morgan fingerprint density at radius 1 is 1.28 bits per heavy atom. The van der Waals surface area contributed by atoms with Crippen LogP contribution in [0.3, 0.4) is 0 Å². The Morgan fingerprint density at radius 3 is 2.61 bits per heavy atom. The first-order valence-corrected chi connectivity index (χ1v) is 7.41. The van der Waals surface area contributed by atoms with Crippen molar-refractivity contribution in [3.8, 4) is 0 Å². The molecular weight excluding hydrogens is 246 g/mol. The van der Waals surface area contributed by atoms with E-state index in [4.69, 9.17) is 16.6 Å². The van der Waals surface area contributed by atoms with E-state index >= 15 is 0 Å². The van der Waals surface area contributed by atoms with Crippen LogP contribution in [0.4, 0.5) is 5.82 Å². The zero-order valence-electron chi connectivity index (χ0n) is 10.9. The van der Waals surface area contributed by atoms with Crippen LogP contribution in [0.15, 0.2) is 6.20 Å². The Morgan fingerprint density at radius 2 is 2.00 bits per heavy atom. The molecule has 0 aromatic carbocycles. The monoisotopic (exact) mass is 265 g/mol. The minimum atomic E-state index is 0.470. The maximum atomic E-state index is 6.24. The molecule has 2 fully saturated rings. The Labute approximate surface area is 114 Å². The van der Waals surface area contributed by atoms with Crippen molar-refractivity contribution in [2.24, 2.45) is 5.92 Å². The third kappa shape index (κ3) is 2.20. The molecule has 1 aliphatic heterocycles.